The number of carboxylic acids is 1. The molecular weight excluding hydrogens is 299 g/mol. The average molecular weight is 317 g/mol. The molecular formula is C15H18F3NO3. The van der Waals surface area contributed by atoms with Crippen LogP contribution in [-0.4, -0.2) is 42.2 Å². The Morgan fingerprint density at radius 3 is 2.64 bits per heavy atom. The smallest absolute Gasteiger partial charge is 0.419 e. The van der Waals surface area contributed by atoms with E-state index in [4.69, 9.17) is 9.84 Å². The highest BCUT2D eigenvalue weighted by atomic mass is 19.4. The van der Waals surface area contributed by atoms with Gasteiger partial charge in [0.1, 0.15) is 12.4 Å². The Balaban J connectivity index is 1.89. The number of carbonyl (C=O) groups is 1. The first-order valence-corrected chi connectivity index (χ1v) is 7.03. The number of halogens is 3. The first kappa shape index (κ1) is 16.6. The maximum atomic E-state index is 12.8. The fraction of sp³-hybridized carbons (Fsp3) is 0.533. The third-order valence-corrected chi connectivity index (χ3v) is 3.86. The maximum Gasteiger partial charge on any atom is 0.419 e. The zero-order valence-electron chi connectivity index (χ0n) is 12.1. The zero-order chi connectivity index (χ0) is 16.3. The van der Waals surface area contributed by atoms with Crippen molar-refractivity contribution >= 4 is 5.97 Å². The van der Waals surface area contributed by atoms with Crippen LogP contribution in [0.3, 0.4) is 0 Å². The highest BCUT2D eigenvalue weighted by Gasteiger charge is 2.35. The van der Waals surface area contributed by atoms with Crippen LogP contribution in [0.2, 0.25) is 0 Å². The maximum absolute atomic E-state index is 12.8. The molecule has 1 saturated heterocycles. The summed E-state index contributed by atoms with van der Waals surface area (Å²) in [5.74, 6) is -1.43. The van der Waals surface area contributed by atoms with E-state index in [1.54, 1.807) is 0 Å². The number of hydrogen-bond acceptors (Lipinski definition) is 3. The Morgan fingerprint density at radius 2 is 2.05 bits per heavy atom. The highest BCUT2D eigenvalue weighted by molar-refractivity contribution is 5.71. The van der Waals surface area contributed by atoms with Gasteiger partial charge in [-0.05, 0) is 18.1 Å². The van der Waals surface area contributed by atoms with E-state index in [-0.39, 0.29) is 18.3 Å². The largest absolute Gasteiger partial charge is 0.492 e. The monoisotopic (exact) mass is 317 g/mol. The van der Waals surface area contributed by atoms with Crippen molar-refractivity contribution in [3.63, 3.8) is 0 Å². The summed E-state index contributed by atoms with van der Waals surface area (Å²) in [7, 11) is 0. The highest BCUT2D eigenvalue weighted by Crippen LogP contribution is 2.35. The summed E-state index contributed by atoms with van der Waals surface area (Å²) in [5, 5.41) is 9.05. The Kier molecular flexibility index (Phi) is 4.95. The molecule has 122 valence electrons. The van der Waals surface area contributed by atoms with Gasteiger partial charge in [0.2, 0.25) is 0 Å². The van der Waals surface area contributed by atoms with E-state index < -0.39 is 23.6 Å². The quantitative estimate of drug-likeness (QED) is 0.907. The summed E-state index contributed by atoms with van der Waals surface area (Å²) >= 11 is 0. The third kappa shape index (κ3) is 3.91. The van der Waals surface area contributed by atoms with Crippen LogP contribution in [0.15, 0.2) is 24.3 Å². The summed E-state index contributed by atoms with van der Waals surface area (Å²) in [6.45, 7) is 3.37. The fourth-order valence-corrected chi connectivity index (χ4v) is 2.68. The predicted octanol–water partition coefficient (Wildman–Crippen LogP) is 2.74. The molecule has 0 amide bonds. The van der Waals surface area contributed by atoms with Gasteiger partial charge in [0.15, 0.2) is 0 Å². The molecule has 2 atom stereocenters. The Bertz CT molecular complexity index is 533. The average Bonchev–Trinajstić information content (AvgIpc) is 2.79. The number of alkyl halides is 3. The van der Waals surface area contributed by atoms with E-state index >= 15 is 0 Å². The number of hydrogen-bond donors (Lipinski definition) is 1. The van der Waals surface area contributed by atoms with Gasteiger partial charge in [-0.15, -0.1) is 0 Å². The zero-order valence-corrected chi connectivity index (χ0v) is 12.1. The van der Waals surface area contributed by atoms with Crippen LogP contribution in [0.25, 0.3) is 0 Å². The van der Waals surface area contributed by atoms with Gasteiger partial charge >= 0.3 is 12.1 Å². The SMILES string of the molecule is C[C@@H]1CN(CCOc2ccccc2C(F)(F)F)C[C@H]1C(=O)O. The second-order valence-corrected chi connectivity index (χ2v) is 5.52. The van der Waals surface area contributed by atoms with E-state index in [1.165, 1.54) is 18.2 Å². The number of benzene rings is 1. The van der Waals surface area contributed by atoms with Crippen LogP contribution in [-0.2, 0) is 11.0 Å². The van der Waals surface area contributed by atoms with Crippen molar-refractivity contribution in [2.24, 2.45) is 11.8 Å². The van der Waals surface area contributed by atoms with Crippen molar-refractivity contribution in [3.05, 3.63) is 29.8 Å². The van der Waals surface area contributed by atoms with Gasteiger partial charge in [-0.1, -0.05) is 19.1 Å². The molecule has 0 saturated carbocycles. The van der Waals surface area contributed by atoms with Crippen LogP contribution in [0.1, 0.15) is 12.5 Å². The minimum Gasteiger partial charge on any atom is -0.492 e. The van der Waals surface area contributed by atoms with Crippen molar-refractivity contribution in [1.82, 2.24) is 4.90 Å². The summed E-state index contributed by atoms with van der Waals surface area (Å²) in [6.07, 6.45) is -4.45. The molecule has 1 heterocycles. The molecule has 1 N–H and O–H groups in total. The lowest BCUT2D eigenvalue weighted by molar-refractivity contribution is -0.142. The summed E-state index contributed by atoms with van der Waals surface area (Å²) in [4.78, 5) is 12.9. The van der Waals surface area contributed by atoms with Crippen molar-refractivity contribution in [3.8, 4) is 5.75 Å². The normalized spacial score (nSPS) is 22.7. The molecule has 1 aliphatic heterocycles. The number of ether oxygens (including phenoxy) is 1. The van der Waals surface area contributed by atoms with Gasteiger partial charge in [-0.3, -0.25) is 9.69 Å². The van der Waals surface area contributed by atoms with Crippen molar-refractivity contribution in [2.45, 2.75) is 13.1 Å². The topological polar surface area (TPSA) is 49.8 Å². The lowest BCUT2D eigenvalue weighted by Crippen LogP contribution is -2.28. The van der Waals surface area contributed by atoms with Gasteiger partial charge in [0.25, 0.3) is 0 Å². The molecule has 0 bridgehead atoms. The minimum absolute atomic E-state index is 0.0277. The molecule has 0 aromatic heterocycles. The van der Waals surface area contributed by atoms with Crippen molar-refractivity contribution < 1.29 is 27.8 Å². The van der Waals surface area contributed by atoms with Gasteiger partial charge in [-0.2, -0.15) is 13.2 Å². The van der Waals surface area contributed by atoms with E-state index in [2.05, 4.69) is 0 Å². The van der Waals surface area contributed by atoms with Crippen LogP contribution in [0, 0.1) is 11.8 Å². The van der Waals surface area contributed by atoms with E-state index in [0.29, 0.717) is 19.6 Å². The molecule has 1 aromatic carbocycles. The predicted molar refractivity (Wildman–Crippen MR) is 73.7 cm³/mol. The van der Waals surface area contributed by atoms with Crippen LogP contribution < -0.4 is 4.74 Å². The van der Waals surface area contributed by atoms with Crippen LogP contribution in [0.4, 0.5) is 13.2 Å². The number of para-hydroxylation sites is 1. The molecule has 0 radical (unpaired) electrons. The summed E-state index contributed by atoms with van der Waals surface area (Å²) < 4.78 is 43.7. The van der Waals surface area contributed by atoms with Crippen LogP contribution in [0.5, 0.6) is 5.75 Å². The van der Waals surface area contributed by atoms with E-state index in [1.807, 2.05) is 11.8 Å². The molecule has 0 spiro atoms. The summed E-state index contributed by atoms with van der Waals surface area (Å²) in [6, 6.07) is 5.07. The number of likely N-dealkylation sites (tertiary alicyclic amines) is 1. The standard InChI is InChI=1S/C15H18F3NO3/c1-10-8-19(9-11(10)14(20)21)6-7-22-13-5-3-2-4-12(13)15(16,17)18/h2-5,10-11H,6-9H2,1H3,(H,20,21)/t10-,11-/m1/s1. The fourth-order valence-electron chi connectivity index (χ4n) is 2.68. The van der Waals surface area contributed by atoms with E-state index in [9.17, 15) is 18.0 Å². The number of rotatable bonds is 5. The van der Waals surface area contributed by atoms with E-state index in [0.717, 1.165) is 6.07 Å². The number of carboxylic acid groups (broad SMARTS) is 1. The molecule has 1 fully saturated rings. The molecule has 4 nitrogen and oxygen atoms in total. The first-order valence-electron chi connectivity index (χ1n) is 7.03. The lowest BCUT2D eigenvalue weighted by Gasteiger charge is -2.17. The Morgan fingerprint density at radius 1 is 1.36 bits per heavy atom. The lowest BCUT2D eigenvalue weighted by atomic mass is 9.99. The third-order valence-electron chi connectivity index (χ3n) is 3.86. The Labute approximate surface area is 126 Å². The van der Waals surface area contributed by atoms with Crippen molar-refractivity contribution in [1.29, 1.82) is 0 Å². The first-order chi connectivity index (χ1) is 10.3. The minimum atomic E-state index is -4.45. The number of aliphatic carboxylic acids is 1. The second kappa shape index (κ2) is 6.56. The van der Waals surface area contributed by atoms with Crippen molar-refractivity contribution in [2.75, 3.05) is 26.2 Å². The molecule has 0 aliphatic carbocycles. The second-order valence-electron chi connectivity index (χ2n) is 5.52. The Hall–Kier alpha value is -1.76. The molecule has 1 aromatic rings. The molecule has 22 heavy (non-hydrogen) atoms. The molecule has 2 rings (SSSR count). The number of nitrogens with zero attached hydrogens (tertiary/aromatic N) is 1. The van der Waals surface area contributed by atoms with Crippen LogP contribution >= 0.6 is 0 Å². The van der Waals surface area contributed by atoms with Gasteiger partial charge in [-0.25, -0.2) is 0 Å². The van der Waals surface area contributed by atoms with Gasteiger partial charge < -0.3 is 9.84 Å². The molecule has 1 aliphatic rings. The summed E-state index contributed by atoms with van der Waals surface area (Å²) in [5.41, 5.74) is -0.798. The molecule has 0 unspecified atom stereocenters. The molecule has 7 heteroatoms. The van der Waals surface area contributed by atoms with Gasteiger partial charge in [0.05, 0.1) is 11.5 Å². The van der Waals surface area contributed by atoms with Gasteiger partial charge in [0, 0.05) is 19.6 Å².